The van der Waals surface area contributed by atoms with Crippen molar-refractivity contribution in [2.45, 2.75) is 104 Å². The second-order valence-corrected chi connectivity index (χ2v) is 16.4. The molecule has 0 amide bonds. The summed E-state index contributed by atoms with van der Waals surface area (Å²) in [5, 5.41) is 45.4. The van der Waals surface area contributed by atoms with Gasteiger partial charge in [0.2, 0.25) is 40.2 Å². The normalized spacial score (nSPS) is 12.2. The van der Waals surface area contributed by atoms with Gasteiger partial charge in [0, 0.05) is 24.0 Å². The van der Waals surface area contributed by atoms with Crippen molar-refractivity contribution in [3.05, 3.63) is 151 Å². The molecule has 0 aliphatic heterocycles. The fraction of sp³-hybridized carbons (Fsp3) is 0.320. The summed E-state index contributed by atoms with van der Waals surface area (Å²) < 4.78 is 17.4. The number of hydrogen-bond acceptors (Lipinski definition) is 12. The molecule has 4 aromatic carbocycles. The number of aliphatic hydroxyl groups excluding tert-OH is 1. The Labute approximate surface area is 404 Å². The fourth-order valence-corrected chi connectivity index (χ4v) is 7.20. The van der Waals surface area contributed by atoms with Crippen LogP contribution in [0.2, 0.25) is 10.0 Å². The van der Waals surface area contributed by atoms with Gasteiger partial charge in [0.15, 0.2) is 0 Å². The maximum absolute atomic E-state index is 12.2. The number of esters is 1. The van der Waals surface area contributed by atoms with Crippen LogP contribution >= 0.6 is 34.8 Å². The molecule has 0 spiro atoms. The summed E-state index contributed by atoms with van der Waals surface area (Å²) in [6, 6.07) is 24.8. The average Bonchev–Trinajstić information content (AvgIpc) is 4.02. The number of hydrogen-bond donors (Lipinski definition) is 1. The summed E-state index contributed by atoms with van der Waals surface area (Å²) in [7, 11) is 0. The Morgan fingerprint density at radius 1 is 0.701 bits per heavy atom. The maximum Gasteiger partial charge on any atom is 0.306 e. The molecule has 67 heavy (non-hydrogen) atoms. The van der Waals surface area contributed by atoms with E-state index in [-0.39, 0.29) is 11.2 Å². The molecule has 6 rings (SSSR count). The molecule has 0 radical (unpaired) electrons. The summed E-state index contributed by atoms with van der Waals surface area (Å²) >= 11 is 17.6. The molecule has 2 aromatic heterocycles. The first-order chi connectivity index (χ1) is 32.1. The summed E-state index contributed by atoms with van der Waals surface area (Å²) in [4.78, 5) is 28.8. The van der Waals surface area contributed by atoms with Crippen LogP contribution in [0.3, 0.4) is 0 Å². The minimum absolute atomic E-state index is 0.238. The van der Waals surface area contributed by atoms with E-state index in [4.69, 9.17) is 72.0 Å². The van der Waals surface area contributed by atoms with E-state index in [1.54, 1.807) is 74.5 Å². The Balaban J connectivity index is 0.000000263. The van der Waals surface area contributed by atoms with Gasteiger partial charge in [-0.1, -0.05) is 61.3 Å². The zero-order chi connectivity index (χ0) is 49.2. The monoisotopic (exact) mass is 960 g/mol. The van der Waals surface area contributed by atoms with Gasteiger partial charge in [0.1, 0.15) is 6.10 Å². The molecule has 0 bridgehead atoms. The number of benzene rings is 4. The number of carbonyl (C=O) groups excluding carboxylic acids is 2. The SMILES string of the molecule is CCCC(=O)Cl.[C-]#[N+]c1ccc(C[C@@H](c2nnc(-c3ccc(C#N)cc3)o2)[C@H](C)O)c(C)c1Cl.[C-]#[N+]c1ccc(C[C@@H](c2nnc(-c3ccc(C#N)cc3)o2)[C@H](C)OC(=O)CCC)c(C)c1Cl. The molecular formula is C50H47Cl3N8O6. The first-order valence-corrected chi connectivity index (χ1v) is 22.3. The number of carbonyl (C=O) groups is 2. The number of halogens is 3. The van der Waals surface area contributed by atoms with E-state index < -0.39 is 24.0 Å². The van der Waals surface area contributed by atoms with E-state index in [0.717, 1.165) is 28.7 Å². The van der Waals surface area contributed by atoms with Crippen molar-refractivity contribution in [1.29, 1.82) is 10.5 Å². The van der Waals surface area contributed by atoms with Crippen LogP contribution in [-0.2, 0) is 27.2 Å². The van der Waals surface area contributed by atoms with Gasteiger partial charge in [-0.2, -0.15) is 10.5 Å². The van der Waals surface area contributed by atoms with E-state index in [1.807, 2.05) is 39.8 Å². The Morgan fingerprint density at radius 2 is 1.12 bits per heavy atom. The lowest BCUT2D eigenvalue weighted by molar-refractivity contribution is -0.149. The third-order valence-electron chi connectivity index (χ3n) is 10.5. The van der Waals surface area contributed by atoms with Gasteiger partial charge >= 0.3 is 5.97 Å². The molecule has 0 aliphatic rings. The Kier molecular flexibility index (Phi) is 20.2. The first kappa shape index (κ1) is 52.7. The van der Waals surface area contributed by atoms with E-state index in [0.29, 0.717) is 99.3 Å². The predicted molar refractivity (Wildman–Crippen MR) is 255 cm³/mol. The van der Waals surface area contributed by atoms with Crippen LogP contribution in [-0.4, -0.2) is 48.9 Å². The molecule has 2 heterocycles. The minimum atomic E-state index is -0.729. The molecule has 0 unspecified atom stereocenters. The predicted octanol–water partition coefficient (Wildman–Crippen LogP) is 12.6. The largest absolute Gasteiger partial charge is 0.462 e. The van der Waals surface area contributed by atoms with E-state index in [1.165, 1.54) is 0 Å². The molecule has 0 saturated carbocycles. The Bertz CT molecular complexity index is 2820. The van der Waals surface area contributed by atoms with Crippen LogP contribution in [0.4, 0.5) is 11.4 Å². The van der Waals surface area contributed by atoms with Crippen LogP contribution < -0.4 is 0 Å². The molecule has 4 atom stereocenters. The second kappa shape index (κ2) is 25.7. The van der Waals surface area contributed by atoms with Crippen molar-refractivity contribution >= 4 is 57.4 Å². The van der Waals surface area contributed by atoms with Gasteiger partial charge in [-0.15, -0.1) is 20.4 Å². The number of rotatable bonds is 15. The van der Waals surface area contributed by atoms with Crippen molar-refractivity contribution in [2.75, 3.05) is 0 Å². The second-order valence-electron chi connectivity index (χ2n) is 15.3. The first-order valence-electron chi connectivity index (χ1n) is 21.1. The highest BCUT2D eigenvalue weighted by Crippen LogP contribution is 2.36. The maximum atomic E-state index is 12.2. The number of aliphatic hydroxyl groups is 1. The van der Waals surface area contributed by atoms with Crippen molar-refractivity contribution in [2.24, 2.45) is 0 Å². The molecule has 14 nitrogen and oxygen atoms in total. The quantitative estimate of drug-likeness (QED) is 0.0581. The lowest BCUT2D eigenvalue weighted by atomic mass is 9.92. The smallest absolute Gasteiger partial charge is 0.306 e. The van der Waals surface area contributed by atoms with Gasteiger partial charge in [0.25, 0.3) is 0 Å². The van der Waals surface area contributed by atoms with Gasteiger partial charge in [-0.25, -0.2) is 9.69 Å². The summed E-state index contributed by atoms with van der Waals surface area (Å²) in [6.45, 7) is 25.4. The van der Waals surface area contributed by atoms with Crippen molar-refractivity contribution < 1.29 is 28.3 Å². The lowest BCUT2D eigenvalue weighted by Gasteiger charge is -2.22. The number of aromatic nitrogens is 4. The van der Waals surface area contributed by atoms with Crippen molar-refractivity contribution in [1.82, 2.24) is 20.4 Å². The fourth-order valence-electron chi connectivity index (χ4n) is 6.55. The lowest BCUT2D eigenvalue weighted by Crippen LogP contribution is -2.25. The molecule has 1 N–H and O–H groups in total. The summed E-state index contributed by atoms with van der Waals surface area (Å²) in [5.41, 5.74) is 6.63. The highest BCUT2D eigenvalue weighted by Gasteiger charge is 2.30. The molecular weight excluding hydrogens is 915 g/mol. The summed E-state index contributed by atoms with van der Waals surface area (Å²) in [5.74, 6) is 0.148. The zero-order valence-electron chi connectivity index (χ0n) is 37.7. The van der Waals surface area contributed by atoms with E-state index in [2.05, 4.69) is 42.2 Å². The molecule has 6 aromatic rings. The number of nitrogens with zero attached hydrogens (tertiary/aromatic N) is 8. The van der Waals surface area contributed by atoms with Crippen LogP contribution in [0, 0.1) is 49.7 Å². The third kappa shape index (κ3) is 14.5. The standard InChI is InChI=1S/C25H23ClN4O3.C21H17ClN4O2.C4H7ClO/c1-5-6-22(31)32-16(3)20(13-19-11-12-21(28-4)23(26)15(19)2)25-30-29-24(33-25)18-9-7-17(14-27)8-10-18;1-12-16(8-9-18(24-3)19(12)22)10-17(13(2)27)21-26-25-20(28-21)15-6-4-14(11-23)5-7-15;1-2-3-4(5)6/h7-12,16,20H,5-6,13H2,1-3H3;4-9,13,17,27H,10H2,1-2H3;2-3H2,1H3/t16-,20+;13-,17+;/m00./s1. The van der Waals surface area contributed by atoms with Crippen LogP contribution in [0.15, 0.2) is 81.6 Å². The van der Waals surface area contributed by atoms with Gasteiger partial charge < -0.3 is 18.7 Å². The van der Waals surface area contributed by atoms with Crippen molar-refractivity contribution in [3.63, 3.8) is 0 Å². The van der Waals surface area contributed by atoms with Crippen LogP contribution in [0.25, 0.3) is 32.6 Å². The molecule has 344 valence electrons. The topological polar surface area (TPSA) is 198 Å². The summed E-state index contributed by atoms with van der Waals surface area (Å²) in [6.07, 6.45) is 1.97. The molecule has 0 saturated heterocycles. The van der Waals surface area contributed by atoms with E-state index >= 15 is 0 Å². The van der Waals surface area contributed by atoms with Gasteiger partial charge in [0.05, 0.1) is 64.4 Å². The third-order valence-corrected chi connectivity index (χ3v) is 11.6. The Hall–Kier alpha value is -6.91. The molecule has 17 heteroatoms. The number of nitriles is 2. The van der Waals surface area contributed by atoms with Crippen LogP contribution in [0.5, 0.6) is 0 Å². The van der Waals surface area contributed by atoms with Gasteiger partial charge in [-0.3, -0.25) is 9.59 Å². The van der Waals surface area contributed by atoms with Gasteiger partial charge in [-0.05, 0) is 136 Å². The zero-order valence-corrected chi connectivity index (χ0v) is 39.9. The highest BCUT2D eigenvalue weighted by atomic mass is 35.5. The minimum Gasteiger partial charge on any atom is -0.462 e. The molecule has 0 fully saturated rings. The van der Waals surface area contributed by atoms with Crippen molar-refractivity contribution in [3.8, 4) is 35.0 Å². The Morgan fingerprint density at radius 3 is 1.48 bits per heavy atom. The van der Waals surface area contributed by atoms with E-state index in [9.17, 15) is 14.7 Å². The average molecular weight is 962 g/mol. The number of ether oxygens (including phenoxy) is 1. The molecule has 0 aliphatic carbocycles. The highest BCUT2D eigenvalue weighted by molar-refractivity contribution is 6.63. The van der Waals surface area contributed by atoms with Crippen LogP contribution in [0.1, 0.15) is 110 Å².